The maximum Gasteiger partial charge on any atom is 0.190 e. The fourth-order valence-electron chi connectivity index (χ4n) is 3.32. The number of aliphatic imine (C=N–C) groups is 1. The molecule has 1 aromatic heterocycles. The van der Waals surface area contributed by atoms with Crippen molar-refractivity contribution in [2.75, 3.05) is 40.0 Å². The number of nitrogens with zero attached hydrogens (tertiary/aromatic N) is 3. The minimum atomic E-state index is 0. The lowest BCUT2D eigenvalue weighted by Crippen LogP contribution is -2.38. The molecule has 156 valence electrons. The fraction of sp³-hybridized carbons (Fsp3) is 0.600. The van der Waals surface area contributed by atoms with E-state index in [4.69, 9.17) is 9.47 Å². The van der Waals surface area contributed by atoms with Gasteiger partial charge in [0, 0.05) is 39.9 Å². The van der Waals surface area contributed by atoms with Crippen molar-refractivity contribution < 1.29 is 9.47 Å². The van der Waals surface area contributed by atoms with Gasteiger partial charge in [-0.3, -0.25) is 4.99 Å². The number of hydrogen-bond acceptors (Lipinski definition) is 4. The summed E-state index contributed by atoms with van der Waals surface area (Å²) in [5.74, 6) is 1.90. The molecular weight excluding hydrogens is 469 g/mol. The smallest absolute Gasteiger partial charge is 0.190 e. The highest BCUT2D eigenvalue weighted by Gasteiger charge is 2.15. The number of para-hydroxylation sites is 2. The molecule has 28 heavy (non-hydrogen) atoms. The third-order valence-corrected chi connectivity index (χ3v) is 4.77. The number of benzene rings is 1. The lowest BCUT2D eigenvalue weighted by Gasteiger charge is -2.13. The van der Waals surface area contributed by atoms with Crippen molar-refractivity contribution in [1.29, 1.82) is 0 Å². The Morgan fingerprint density at radius 3 is 2.82 bits per heavy atom. The molecule has 3 rings (SSSR count). The number of halogens is 1. The monoisotopic (exact) mass is 501 g/mol. The summed E-state index contributed by atoms with van der Waals surface area (Å²) in [5.41, 5.74) is 2.26. The zero-order valence-corrected chi connectivity index (χ0v) is 19.1. The van der Waals surface area contributed by atoms with Crippen molar-refractivity contribution in [3.05, 3.63) is 30.1 Å². The number of hydrogen-bond donors (Lipinski definition) is 2. The summed E-state index contributed by atoms with van der Waals surface area (Å²) in [4.78, 5) is 8.90. The first-order chi connectivity index (χ1) is 13.3. The maximum absolute atomic E-state index is 5.77. The Labute approximate surface area is 184 Å². The van der Waals surface area contributed by atoms with Crippen LogP contribution in [0.1, 0.15) is 25.1 Å². The molecule has 0 bridgehead atoms. The van der Waals surface area contributed by atoms with Crippen molar-refractivity contribution in [3.8, 4) is 0 Å². The number of guanidine groups is 1. The van der Waals surface area contributed by atoms with E-state index in [0.717, 1.165) is 76.0 Å². The average molecular weight is 501 g/mol. The number of aryl methyl sites for hydroxylation is 2. The van der Waals surface area contributed by atoms with Gasteiger partial charge in [-0.25, -0.2) is 4.98 Å². The molecule has 0 spiro atoms. The summed E-state index contributed by atoms with van der Waals surface area (Å²) in [5, 5.41) is 6.71. The van der Waals surface area contributed by atoms with Gasteiger partial charge in [-0.2, -0.15) is 0 Å². The minimum absolute atomic E-state index is 0. The Hall–Kier alpha value is -1.39. The molecule has 2 aromatic rings. The summed E-state index contributed by atoms with van der Waals surface area (Å²) in [6.07, 6.45) is 3.26. The van der Waals surface area contributed by atoms with Crippen LogP contribution >= 0.6 is 24.0 Å². The van der Waals surface area contributed by atoms with Gasteiger partial charge in [0.25, 0.3) is 0 Å². The van der Waals surface area contributed by atoms with E-state index in [0.29, 0.717) is 0 Å². The molecular formula is C20H32IN5O2. The number of ether oxygens (including phenoxy) is 2. The van der Waals surface area contributed by atoms with Crippen molar-refractivity contribution in [2.24, 2.45) is 4.99 Å². The van der Waals surface area contributed by atoms with Gasteiger partial charge in [0.2, 0.25) is 0 Å². The van der Waals surface area contributed by atoms with Crippen LogP contribution in [0.25, 0.3) is 11.0 Å². The van der Waals surface area contributed by atoms with Crippen molar-refractivity contribution in [1.82, 2.24) is 20.2 Å². The molecule has 1 fully saturated rings. The van der Waals surface area contributed by atoms with Crippen LogP contribution in [0.5, 0.6) is 0 Å². The number of rotatable bonds is 9. The van der Waals surface area contributed by atoms with Gasteiger partial charge >= 0.3 is 0 Å². The zero-order valence-electron chi connectivity index (χ0n) is 16.8. The highest BCUT2D eigenvalue weighted by molar-refractivity contribution is 14.0. The van der Waals surface area contributed by atoms with Gasteiger partial charge < -0.3 is 24.7 Å². The second-order valence-corrected chi connectivity index (χ2v) is 6.79. The average Bonchev–Trinajstić information content (AvgIpc) is 3.30. The fourth-order valence-corrected chi connectivity index (χ4v) is 3.32. The molecule has 0 saturated carbocycles. The second-order valence-electron chi connectivity index (χ2n) is 6.79. The van der Waals surface area contributed by atoms with Crippen LogP contribution in [0.3, 0.4) is 0 Å². The number of aromatic nitrogens is 2. The van der Waals surface area contributed by atoms with Gasteiger partial charge in [0.15, 0.2) is 5.96 Å². The quantitative estimate of drug-likeness (QED) is 0.239. The Morgan fingerprint density at radius 1 is 1.29 bits per heavy atom. The van der Waals surface area contributed by atoms with Crippen LogP contribution in [0, 0.1) is 6.92 Å². The second kappa shape index (κ2) is 12.2. The molecule has 1 aliphatic heterocycles. The van der Waals surface area contributed by atoms with Crippen molar-refractivity contribution >= 4 is 41.0 Å². The zero-order chi connectivity index (χ0) is 18.9. The summed E-state index contributed by atoms with van der Waals surface area (Å²) >= 11 is 0. The van der Waals surface area contributed by atoms with E-state index in [1.165, 1.54) is 5.52 Å². The third kappa shape index (κ3) is 6.59. The molecule has 2 N–H and O–H groups in total. The predicted molar refractivity (Wildman–Crippen MR) is 124 cm³/mol. The molecule has 1 atom stereocenters. The van der Waals surface area contributed by atoms with E-state index in [-0.39, 0.29) is 30.1 Å². The van der Waals surface area contributed by atoms with Crippen LogP contribution in [-0.2, 0) is 16.0 Å². The lowest BCUT2D eigenvalue weighted by atomic mass is 10.3. The SMILES string of the molecule is CN=C(NCCCOC1CCOC1)NCCCn1c(C)nc2ccccc21.I. The highest BCUT2D eigenvalue weighted by atomic mass is 127. The molecule has 1 aromatic carbocycles. The van der Waals surface area contributed by atoms with E-state index in [1.54, 1.807) is 7.05 Å². The Balaban J connectivity index is 0.00000280. The molecule has 8 heteroatoms. The molecule has 1 aliphatic rings. The molecule has 2 heterocycles. The maximum atomic E-state index is 5.77. The number of nitrogens with one attached hydrogen (secondary N) is 2. The lowest BCUT2D eigenvalue weighted by molar-refractivity contribution is 0.0420. The van der Waals surface area contributed by atoms with Gasteiger partial charge in [0.1, 0.15) is 5.82 Å². The topological polar surface area (TPSA) is 72.7 Å². The molecule has 0 radical (unpaired) electrons. The molecule has 1 unspecified atom stereocenters. The van der Waals surface area contributed by atoms with Crippen molar-refractivity contribution in [2.45, 2.75) is 38.8 Å². The largest absolute Gasteiger partial charge is 0.379 e. The highest BCUT2D eigenvalue weighted by Crippen LogP contribution is 2.15. The normalized spacial score (nSPS) is 16.9. The molecule has 1 saturated heterocycles. The van der Waals surface area contributed by atoms with Crippen LogP contribution in [0.15, 0.2) is 29.3 Å². The van der Waals surface area contributed by atoms with E-state index in [9.17, 15) is 0 Å². The summed E-state index contributed by atoms with van der Waals surface area (Å²) < 4.78 is 13.4. The first kappa shape index (κ1) is 22.9. The number of imidazole rings is 1. The summed E-state index contributed by atoms with van der Waals surface area (Å²) in [6.45, 7) is 7.03. The minimum Gasteiger partial charge on any atom is -0.379 e. The van der Waals surface area contributed by atoms with Crippen molar-refractivity contribution in [3.63, 3.8) is 0 Å². The van der Waals surface area contributed by atoms with Crippen LogP contribution in [0.4, 0.5) is 0 Å². The summed E-state index contributed by atoms with van der Waals surface area (Å²) in [7, 11) is 1.80. The Kier molecular flexibility index (Phi) is 10.0. The van der Waals surface area contributed by atoms with Crippen LogP contribution in [0.2, 0.25) is 0 Å². The first-order valence-corrected chi connectivity index (χ1v) is 9.83. The van der Waals surface area contributed by atoms with Gasteiger partial charge in [-0.05, 0) is 38.3 Å². The van der Waals surface area contributed by atoms with Crippen LogP contribution < -0.4 is 10.6 Å². The standard InChI is InChI=1S/C20H31N5O2.HI/c1-16-24-18-7-3-4-8-19(18)25(16)12-5-10-22-20(21-2)23-11-6-13-27-17-9-14-26-15-17;/h3-4,7-8,17H,5-6,9-15H2,1-2H3,(H2,21,22,23);1H. The number of fused-ring (bicyclic) bond motifs is 1. The van der Waals surface area contributed by atoms with Gasteiger partial charge in [-0.15, -0.1) is 24.0 Å². The predicted octanol–water partition coefficient (Wildman–Crippen LogP) is 2.71. The molecule has 7 nitrogen and oxygen atoms in total. The molecule has 0 aliphatic carbocycles. The van der Waals surface area contributed by atoms with Gasteiger partial charge in [-0.1, -0.05) is 12.1 Å². The third-order valence-electron chi connectivity index (χ3n) is 4.77. The van der Waals surface area contributed by atoms with E-state index in [2.05, 4.69) is 50.3 Å². The first-order valence-electron chi connectivity index (χ1n) is 9.83. The van der Waals surface area contributed by atoms with Gasteiger partial charge in [0.05, 0.1) is 23.7 Å². The van der Waals surface area contributed by atoms with E-state index in [1.807, 2.05) is 6.07 Å². The Morgan fingerprint density at radius 2 is 2.07 bits per heavy atom. The van der Waals surface area contributed by atoms with Crippen LogP contribution in [-0.4, -0.2) is 61.6 Å². The van der Waals surface area contributed by atoms with E-state index >= 15 is 0 Å². The molecule has 0 amide bonds. The van der Waals surface area contributed by atoms with E-state index < -0.39 is 0 Å². The Bertz CT molecular complexity index is 743. The summed E-state index contributed by atoms with van der Waals surface area (Å²) in [6, 6.07) is 8.28.